The van der Waals surface area contributed by atoms with Gasteiger partial charge in [0.2, 0.25) is 0 Å². The van der Waals surface area contributed by atoms with Gasteiger partial charge >= 0.3 is 0 Å². The Morgan fingerprint density at radius 2 is 2.27 bits per heavy atom. The Hall–Kier alpha value is -1.58. The van der Waals surface area contributed by atoms with Crippen LogP contribution in [0, 0.1) is 10.1 Å². The average Bonchev–Trinajstić information content (AvgIpc) is 3.01. The van der Waals surface area contributed by atoms with Crippen molar-refractivity contribution in [3.05, 3.63) is 33.9 Å². The number of nitro groups is 1. The van der Waals surface area contributed by atoms with E-state index < -0.39 is 0 Å². The summed E-state index contributed by atoms with van der Waals surface area (Å²) in [4.78, 5) is 10.5. The molecule has 0 saturated heterocycles. The number of nitrogens with one attached hydrogen (secondary N) is 1. The van der Waals surface area contributed by atoms with Gasteiger partial charge in [0.05, 0.1) is 4.92 Å². The zero-order valence-electron chi connectivity index (χ0n) is 8.69. The van der Waals surface area contributed by atoms with Gasteiger partial charge in [0, 0.05) is 23.4 Å². The Labute approximate surface area is 88.5 Å². The summed E-state index contributed by atoms with van der Waals surface area (Å²) >= 11 is 0. The largest absolute Gasteiger partial charge is 0.382 e. The molecule has 1 fully saturated rings. The van der Waals surface area contributed by atoms with Crippen LogP contribution in [0.3, 0.4) is 0 Å². The van der Waals surface area contributed by atoms with Gasteiger partial charge in [-0.25, -0.2) is 0 Å². The molecule has 1 aliphatic rings. The van der Waals surface area contributed by atoms with E-state index in [1.54, 1.807) is 6.07 Å². The first-order valence-electron chi connectivity index (χ1n) is 5.24. The van der Waals surface area contributed by atoms with Crippen molar-refractivity contribution in [1.82, 2.24) is 0 Å². The van der Waals surface area contributed by atoms with Crippen molar-refractivity contribution in [2.24, 2.45) is 0 Å². The minimum absolute atomic E-state index is 0.225. The van der Waals surface area contributed by atoms with E-state index in [9.17, 15) is 10.1 Å². The van der Waals surface area contributed by atoms with Crippen LogP contribution in [-0.4, -0.2) is 11.0 Å². The van der Waals surface area contributed by atoms with E-state index in [0.29, 0.717) is 12.5 Å². The molecule has 2 rings (SSSR count). The maximum absolute atomic E-state index is 10.8. The predicted octanol–water partition coefficient (Wildman–Crippen LogP) is 2.73. The quantitative estimate of drug-likeness (QED) is 0.608. The van der Waals surface area contributed by atoms with Crippen molar-refractivity contribution < 1.29 is 4.92 Å². The third kappa shape index (κ3) is 2.26. The fourth-order valence-electron chi connectivity index (χ4n) is 1.59. The van der Waals surface area contributed by atoms with Gasteiger partial charge in [-0.1, -0.05) is 13.0 Å². The molecule has 0 heterocycles. The highest BCUT2D eigenvalue weighted by Gasteiger charge is 2.22. The first-order chi connectivity index (χ1) is 7.20. The number of rotatable bonds is 4. The third-order valence-corrected chi connectivity index (χ3v) is 2.61. The molecular formula is C11H14N2O2. The summed E-state index contributed by atoms with van der Waals surface area (Å²) in [6.07, 6.45) is 3.03. The third-order valence-electron chi connectivity index (χ3n) is 2.61. The molecule has 1 saturated carbocycles. The zero-order chi connectivity index (χ0) is 10.8. The summed E-state index contributed by atoms with van der Waals surface area (Å²) < 4.78 is 0. The number of hydrogen-bond donors (Lipinski definition) is 1. The van der Waals surface area contributed by atoms with E-state index in [1.807, 2.05) is 19.1 Å². The Morgan fingerprint density at radius 3 is 2.80 bits per heavy atom. The van der Waals surface area contributed by atoms with Crippen molar-refractivity contribution in [3.8, 4) is 0 Å². The standard InChI is InChI=1S/C11H14N2O2/c1-2-8-3-4-10(12-9-5-6-9)7-11(8)13(14)15/h3-4,7,9,12H,2,5-6H2,1H3. The van der Waals surface area contributed by atoms with Gasteiger partial charge in [-0.05, 0) is 25.3 Å². The molecule has 1 N–H and O–H groups in total. The van der Waals surface area contributed by atoms with E-state index in [-0.39, 0.29) is 10.6 Å². The number of hydrogen-bond acceptors (Lipinski definition) is 3. The minimum atomic E-state index is -0.309. The monoisotopic (exact) mass is 206 g/mol. The molecule has 15 heavy (non-hydrogen) atoms. The maximum atomic E-state index is 10.8. The Morgan fingerprint density at radius 1 is 1.53 bits per heavy atom. The van der Waals surface area contributed by atoms with Crippen LogP contribution in [0.25, 0.3) is 0 Å². The maximum Gasteiger partial charge on any atom is 0.274 e. The summed E-state index contributed by atoms with van der Waals surface area (Å²) in [6.45, 7) is 1.93. The lowest BCUT2D eigenvalue weighted by Crippen LogP contribution is -2.02. The number of anilines is 1. The predicted molar refractivity (Wildman–Crippen MR) is 59.1 cm³/mol. The van der Waals surface area contributed by atoms with E-state index in [4.69, 9.17) is 0 Å². The van der Waals surface area contributed by atoms with Crippen molar-refractivity contribution in [2.75, 3.05) is 5.32 Å². The van der Waals surface area contributed by atoms with E-state index in [2.05, 4.69) is 5.32 Å². The van der Waals surface area contributed by atoms with Crippen LogP contribution in [0.15, 0.2) is 18.2 Å². The number of nitrogens with zero attached hydrogens (tertiary/aromatic N) is 1. The van der Waals surface area contributed by atoms with Crippen molar-refractivity contribution in [2.45, 2.75) is 32.2 Å². The molecule has 4 heteroatoms. The second-order valence-electron chi connectivity index (χ2n) is 3.87. The summed E-state index contributed by atoms with van der Waals surface area (Å²) in [6, 6.07) is 5.92. The van der Waals surface area contributed by atoms with E-state index in [0.717, 1.165) is 11.3 Å². The fraction of sp³-hybridized carbons (Fsp3) is 0.455. The van der Waals surface area contributed by atoms with Gasteiger partial charge in [-0.15, -0.1) is 0 Å². The van der Waals surface area contributed by atoms with E-state index >= 15 is 0 Å². The first-order valence-corrected chi connectivity index (χ1v) is 5.24. The highest BCUT2D eigenvalue weighted by molar-refractivity contribution is 5.56. The smallest absolute Gasteiger partial charge is 0.274 e. The lowest BCUT2D eigenvalue weighted by molar-refractivity contribution is -0.385. The molecular weight excluding hydrogens is 192 g/mol. The van der Waals surface area contributed by atoms with E-state index in [1.165, 1.54) is 12.8 Å². The molecule has 0 unspecified atom stereocenters. The summed E-state index contributed by atoms with van der Waals surface area (Å²) in [5, 5.41) is 14.1. The Kier molecular flexibility index (Phi) is 2.58. The molecule has 80 valence electrons. The van der Waals surface area contributed by atoms with Crippen LogP contribution in [-0.2, 0) is 6.42 Å². The first kappa shape index (κ1) is 9.96. The molecule has 0 spiro atoms. The Balaban J connectivity index is 2.26. The van der Waals surface area contributed by atoms with Crippen LogP contribution in [0.1, 0.15) is 25.3 Å². The molecule has 0 radical (unpaired) electrons. The SMILES string of the molecule is CCc1ccc(NC2CC2)cc1[N+](=O)[O-]. The molecule has 0 aromatic heterocycles. The van der Waals surface area contributed by atoms with Crippen LogP contribution < -0.4 is 5.32 Å². The lowest BCUT2D eigenvalue weighted by atomic mass is 10.1. The van der Waals surface area contributed by atoms with Gasteiger partial charge in [-0.2, -0.15) is 0 Å². The van der Waals surface area contributed by atoms with Gasteiger partial charge < -0.3 is 5.32 Å². The van der Waals surface area contributed by atoms with Gasteiger partial charge in [0.25, 0.3) is 5.69 Å². The highest BCUT2D eigenvalue weighted by atomic mass is 16.6. The molecule has 1 aromatic carbocycles. The topological polar surface area (TPSA) is 55.2 Å². The summed E-state index contributed by atoms with van der Waals surface area (Å²) in [5.41, 5.74) is 1.88. The average molecular weight is 206 g/mol. The number of aryl methyl sites for hydroxylation is 1. The van der Waals surface area contributed by atoms with Crippen LogP contribution in [0.2, 0.25) is 0 Å². The number of benzene rings is 1. The second kappa shape index (κ2) is 3.88. The lowest BCUT2D eigenvalue weighted by Gasteiger charge is -2.06. The molecule has 1 aromatic rings. The van der Waals surface area contributed by atoms with Crippen LogP contribution >= 0.6 is 0 Å². The summed E-state index contributed by atoms with van der Waals surface area (Å²) in [7, 11) is 0. The molecule has 4 nitrogen and oxygen atoms in total. The molecule has 1 aliphatic carbocycles. The fourth-order valence-corrected chi connectivity index (χ4v) is 1.59. The van der Waals surface area contributed by atoms with Crippen LogP contribution in [0.5, 0.6) is 0 Å². The summed E-state index contributed by atoms with van der Waals surface area (Å²) in [5.74, 6) is 0. The Bertz CT molecular complexity index is 386. The number of nitro benzene ring substituents is 1. The van der Waals surface area contributed by atoms with Crippen molar-refractivity contribution in [3.63, 3.8) is 0 Å². The minimum Gasteiger partial charge on any atom is -0.382 e. The molecule has 0 amide bonds. The second-order valence-corrected chi connectivity index (χ2v) is 3.87. The zero-order valence-corrected chi connectivity index (χ0v) is 8.69. The molecule has 0 aliphatic heterocycles. The highest BCUT2D eigenvalue weighted by Crippen LogP contribution is 2.28. The van der Waals surface area contributed by atoms with Crippen LogP contribution in [0.4, 0.5) is 11.4 Å². The van der Waals surface area contributed by atoms with Gasteiger partial charge in [0.1, 0.15) is 0 Å². The van der Waals surface area contributed by atoms with Crippen molar-refractivity contribution in [1.29, 1.82) is 0 Å². The normalized spacial score (nSPS) is 15.0. The molecule has 0 atom stereocenters. The van der Waals surface area contributed by atoms with Gasteiger partial charge in [-0.3, -0.25) is 10.1 Å². The molecule has 0 bridgehead atoms. The van der Waals surface area contributed by atoms with Gasteiger partial charge in [0.15, 0.2) is 0 Å². The van der Waals surface area contributed by atoms with Crippen molar-refractivity contribution >= 4 is 11.4 Å².